The number of carbonyl (C=O) groups is 1. The number of ether oxygens (including phenoxy) is 1. The number of hydrogen-bond acceptors (Lipinski definition) is 4. The largest absolute Gasteiger partial charge is 0.478 e. The minimum absolute atomic E-state index is 0.0506. The maximum absolute atomic E-state index is 13.6. The molecule has 2 rings (SSSR count). The van der Waals surface area contributed by atoms with Gasteiger partial charge in [-0.15, -0.1) is 0 Å². The van der Waals surface area contributed by atoms with Crippen molar-refractivity contribution < 1.29 is 27.4 Å². The van der Waals surface area contributed by atoms with Crippen molar-refractivity contribution in [3.63, 3.8) is 0 Å². The molecular formula is C12H13ClFNO5S. The lowest BCUT2D eigenvalue weighted by atomic mass is 10.2. The first-order valence-electron chi connectivity index (χ1n) is 6.15. The fourth-order valence-electron chi connectivity index (χ4n) is 1.97. The summed E-state index contributed by atoms with van der Waals surface area (Å²) in [6, 6.07) is 1.51. The number of sulfonamides is 1. The van der Waals surface area contributed by atoms with E-state index in [0.717, 1.165) is 18.9 Å². The molecule has 6 nitrogen and oxygen atoms in total. The van der Waals surface area contributed by atoms with Crippen LogP contribution >= 0.6 is 11.6 Å². The number of nitrogens with one attached hydrogen (secondary N) is 1. The van der Waals surface area contributed by atoms with E-state index in [1.54, 1.807) is 0 Å². The number of aromatic carboxylic acids is 1. The Labute approximate surface area is 125 Å². The lowest BCUT2D eigenvalue weighted by Crippen LogP contribution is -2.32. The Kier molecular flexibility index (Phi) is 4.82. The fraction of sp³-hybridized carbons (Fsp3) is 0.417. The Bertz CT molecular complexity index is 658. The highest BCUT2D eigenvalue weighted by Crippen LogP contribution is 2.24. The van der Waals surface area contributed by atoms with E-state index in [-0.39, 0.29) is 12.6 Å². The predicted molar refractivity (Wildman–Crippen MR) is 72.5 cm³/mol. The van der Waals surface area contributed by atoms with Crippen molar-refractivity contribution in [2.24, 2.45) is 0 Å². The zero-order chi connectivity index (χ0) is 15.6. The van der Waals surface area contributed by atoms with Crippen LogP contribution in [0.3, 0.4) is 0 Å². The number of carboxylic acids is 1. The maximum Gasteiger partial charge on any atom is 0.337 e. The summed E-state index contributed by atoms with van der Waals surface area (Å²) >= 11 is 5.50. The van der Waals surface area contributed by atoms with Crippen LogP contribution in [-0.4, -0.2) is 38.7 Å². The minimum Gasteiger partial charge on any atom is -0.478 e. The second kappa shape index (κ2) is 6.27. The average molecular weight is 338 g/mol. The van der Waals surface area contributed by atoms with Crippen LogP contribution in [0.15, 0.2) is 17.0 Å². The summed E-state index contributed by atoms with van der Waals surface area (Å²) in [6.07, 6.45) is 1.36. The highest BCUT2D eigenvalue weighted by Gasteiger charge is 2.24. The molecule has 116 valence electrons. The molecule has 0 aliphatic carbocycles. The van der Waals surface area contributed by atoms with E-state index >= 15 is 0 Å². The molecule has 1 aliphatic rings. The SMILES string of the molecule is O=C(O)c1cc(S(=O)(=O)NCC2CCCO2)cc(F)c1Cl. The van der Waals surface area contributed by atoms with Crippen molar-refractivity contribution in [3.05, 3.63) is 28.5 Å². The normalized spacial score (nSPS) is 18.9. The summed E-state index contributed by atoms with van der Waals surface area (Å²) in [5.74, 6) is -2.61. The zero-order valence-corrected chi connectivity index (χ0v) is 12.4. The second-order valence-electron chi connectivity index (χ2n) is 4.56. The monoisotopic (exact) mass is 337 g/mol. The number of hydrogen-bond donors (Lipinski definition) is 2. The highest BCUT2D eigenvalue weighted by molar-refractivity contribution is 7.89. The Balaban J connectivity index is 2.24. The van der Waals surface area contributed by atoms with Gasteiger partial charge in [-0.05, 0) is 25.0 Å². The Morgan fingerprint density at radius 3 is 2.81 bits per heavy atom. The van der Waals surface area contributed by atoms with Gasteiger partial charge in [-0.2, -0.15) is 0 Å². The van der Waals surface area contributed by atoms with Gasteiger partial charge in [0, 0.05) is 13.2 Å². The van der Waals surface area contributed by atoms with Crippen LogP contribution in [0.25, 0.3) is 0 Å². The second-order valence-corrected chi connectivity index (χ2v) is 6.70. The molecule has 0 saturated carbocycles. The minimum atomic E-state index is -4.04. The molecule has 2 N–H and O–H groups in total. The molecular weight excluding hydrogens is 325 g/mol. The lowest BCUT2D eigenvalue weighted by Gasteiger charge is -2.12. The first-order valence-corrected chi connectivity index (χ1v) is 8.01. The molecule has 21 heavy (non-hydrogen) atoms. The zero-order valence-electron chi connectivity index (χ0n) is 10.8. The van der Waals surface area contributed by atoms with Crippen LogP contribution in [0.1, 0.15) is 23.2 Å². The molecule has 0 bridgehead atoms. The van der Waals surface area contributed by atoms with Crippen molar-refractivity contribution in [1.82, 2.24) is 4.72 Å². The highest BCUT2D eigenvalue weighted by atomic mass is 35.5. The molecule has 1 aliphatic heterocycles. The van der Waals surface area contributed by atoms with Crippen molar-refractivity contribution >= 4 is 27.6 Å². The Morgan fingerprint density at radius 2 is 2.24 bits per heavy atom. The van der Waals surface area contributed by atoms with E-state index in [4.69, 9.17) is 21.4 Å². The number of carboxylic acid groups (broad SMARTS) is 1. The van der Waals surface area contributed by atoms with E-state index in [1.807, 2.05) is 0 Å². The number of halogens is 2. The van der Waals surface area contributed by atoms with Gasteiger partial charge in [0.2, 0.25) is 10.0 Å². The summed E-state index contributed by atoms with van der Waals surface area (Å²) in [5.41, 5.74) is -0.603. The van der Waals surface area contributed by atoms with Gasteiger partial charge in [-0.1, -0.05) is 11.6 Å². The molecule has 1 unspecified atom stereocenters. The van der Waals surface area contributed by atoms with E-state index < -0.39 is 37.3 Å². The van der Waals surface area contributed by atoms with Crippen LogP contribution in [0.5, 0.6) is 0 Å². The number of rotatable bonds is 5. The van der Waals surface area contributed by atoms with Crippen molar-refractivity contribution in [2.75, 3.05) is 13.2 Å². The summed E-state index contributed by atoms with van der Waals surface area (Å²) in [4.78, 5) is 10.4. The molecule has 1 fully saturated rings. The number of benzene rings is 1. The molecule has 9 heteroatoms. The van der Waals surface area contributed by atoms with Crippen molar-refractivity contribution in [1.29, 1.82) is 0 Å². The van der Waals surface area contributed by atoms with Crippen LogP contribution in [-0.2, 0) is 14.8 Å². The van der Waals surface area contributed by atoms with E-state index in [2.05, 4.69) is 4.72 Å². The third-order valence-electron chi connectivity index (χ3n) is 3.07. The van der Waals surface area contributed by atoms with Gasteiger partial charge in [-0.3, -0.25) is 0 Å². The summed E-state index contributed by atoms with van der Waals surface area (Å²) in [5, 5.41) is 8.27. The molecule has 0 aromatic heterocycles. The first-order chi connectivity index (χ1) is 9.81. The molecule has 1 heterocycles. The summed E-state index contributed by atoms with van der Waals surface area (Å²) < 4.78 is 45.2. The Morgan fingerprint density at radius 1 is 1.52 bits per heavy atom. The van der Waals surface area contributed by atoms with Crippen LogP contribution in [0, 0.1) is 5.82 Å². The van der Waals surface area contributed by atoms with Gasteiger partial charge in [0.25, 0.3) is 0 Å². The molecule has 1 atom stereocenters. The molecule has 0 amide bonds. The third kappa shape index (κ3) is 3.70. The third-order valence-corrected chi connectivity index (χ3v) is 4.85. The molecule has 0 spiro atoms. The van der Waals surface area contributed by atoms with E-state index in [9.17, 15) is 17.6 Å². The fourth-order valence-corrected chi connectivity index (χ4v) is 3.26. The van der Waals surface area contributed by atoms with Crippen LogP contribution in [0.2, 0.25) is 5.02 Å². The summed E-state index contributed by atoms with van der Waals surface area (Å²) in [7, 11) is -4.04. The molecule has 1 aromatic rings. The first kappa shape index (κ1) is 16.2. The van der Waals surface area contributed by atoms with Crippen LogP contribution in [0.4, 0.5) is 4.39 Å². The van der Waals surface area contributed by atoms with Crippen molar-refractivity contribution in [3.8, 4) is 0 Å². The quantitative estimate of drug-likeness (QED) is 0.852. The van der Waals surface area contributed by atoms with Gasteiger partial charge in [-0.25, -0.2) is 22.3 Å². The standard InChI is InChI=1S/C12H13ClFNO5S/c13-11-9(12(16)17)4-8(5-10(11)14)21(18,19)15-6-7-2-1-3-20-7/h4-5,7,15H,1-3,6H2,(H,16,17). The average Bonchev–Trinajstić information content (AvgIpc) is 2.92. The predicted octanol–water partition coefficient (Wildman–Crippen LogP) is 1.63. The summed E-state index contributed by atoms with van der Waals surface area (Å²) in [6.45, 7) is 0.625. The van der Waals surface area contributed by atoms with E-state index in [0.29, 0.717) is 12.7 Å². The van der Waals surface area contributed by atoms with E-state index in [1.165, 1.54) is 0 Å². The topological polar surface area (TPSA) is 92.7 Å². The van der Waals surface area contributed by atoms with Gasteiger partial charge in [0.05, 0.1) is 21.6 Å². The van der Waals surface area contributed by atoms with Gasteiger partial charge in [0.15, 0.2) is 0 Å². The van der Waals surface area contributed by atoms with Gasteiger partial charge < -0.3 is 9.84 Å². The molecule has 0 radical (unpaired) electrons. The maximum atomic E-state index is 13.6. The van der Waals surface area contributed by atoms with Crippen LogP contribution < -0.4 is 4.72 Å². The smallest absolute Gasteiger partial charge is 0.337 e. The Hall–Kier alpha value is -1.22. The molecule has 1 aromatic carbocycles. The lowest BCUT2D eigenvalue weighted by molar-refractivity contribution is 0.0696. The van der Waals surface area contributed by atoms with Gasteiger partial charge in [0.1, 0.15) is 5.82 Å². The van der Waals surface area contributed by atoms with Crippen molar-refractivity contribution in [2.45, 2.75) is 23.8 Å². The molecule has 1 saturated heterocycles. The van der Waals surface area contributed by atoms with Gasteiger partial charge >= 0.3 is 5.97 Å².